The van der Waals surface area contributed by atoms with Gasteiger partial charge in [-0.05, 0) is 26.0 Å². The molecule has 0 radical (unpaired) electrons. The summed E-state index contributed by atoms with van der Waals surface area (Å²) in [6.45, 7) is 4.42. The van der Waals surface area contributed by atoms with Crippen LogP contribution in [0.2, 0.25) is 0 Å². The lowest BCUT2D eigenvalue weighted by Crippen LogP contribution is -2.48. The van der Waals surface area contributed by atoms with E-state index >= 15 is 0 Å². The van der Waals surface area contributed by atoms with E-state index in [0.717, 1.165) is 0 Å². The normalized spacial score (nSPS) is 11.5. The molecule has 0 fully saturated rings. The predicted octanol–water partition coefficient (Wildman–Crippen LogP) is 0.893. The number of hydrogen-bond acceptors (Lipinski definition) is 4. The van der Waals surface area contributed by atoms with Gasteiger partial charge in [0, 0.05) is 19.2 Å². The van der Waals surface area contributed by atoms with Crippen LogP contribution in [0.15, 0.2) is 16.5 Å². The molecule has 0 saturated carbocycles. The average Bonchev–Trinajstić information content (AvgIpc) is 2.66. The third kappa shape index (κ3) is 3.36. The molecule has 0 unspecified atom stereocenters. The van der Waals surface area contributed by atoms with Crippen LogP contribution in [0.1, 0.15) is 30.2 Å². The summed E-state index contributed by atoms with van der Waals surface area (Å²) in [6.07, 6.45) is 0. The zero-order valence-electron chi connectivity index (χ0n) is 9.87. The highest BCUT2D eigenvalue weighted by Gasteiger charge is 2.21. The fraction of sp³-hybridized carbons (Fsp3) is 0.545. The first-order chi connectivity index (χ1) is 7.48. The van der Waals surface area contributed by atoms with E-state index in [1.54, 1.807) is 19.2 Å². The number of carbonyl (C=O) groups excluding carboxylic acids is 1. The number of nitrogens with one attached hydrogen (secondary N) is 1. The number of methoxy groups -OCH3 is 1. The van der Waals surface area contributed by atoms with Gasteiger partial charge in [-0.15, -0.1) is 0 Å². The highest BCUT2D eigenvalue weighted by atomic mass is 16.5. The van der Waals surface area contributed by atoms with Crippen LogP contribution in [0, 0.1) is 0 Å². The maximum Gasteiger partial charge on any atom is 0.287 e. The summed E-state index contributed by atoms with van der Waals surface area (Å²) in [7, 11) is 1.57. The van der Waals surface area contributed by atoms with Crippen molar-refractivity contribution in [2.75, 3.05) is 13.7 Å². The molecule has 1 amide bonds. The van der Waals surface area contributed by atoms with E-state index in [4.69, 9.17) is 14.9 Å². The van der Waals surface area contributed by atoms with Gasteiger partial charge in [0.1, 0.15) is 12.4 Å². The van der Waals surface area contributed by atoms with Gasteiger partial charge in [-0.1, -0.05) is 0 Å². The van der Waals surface area contributed by atoms with Crippen LogP contribution in [0.3, 0.4) is 0 Å². The Morgan fingerprint density at radius 2 is 2.25 bits per heavy atom. The van der Waals surface area contributed by atoms with E-state index in [1.807, 2.05) is 13.8 Å². The van der Waals surface area contributed by atoms with Gasteiger partial charge in [0.05, 0.1) is 0 Å². The Balaban J connectivity index is 2.66. The van der Waals surface area contributed by atoms with Gasteiger partial charge in [-0.25, -0.2) is 0 Å². The molecule has 5 heteroatoms. The maximum atomic E-state index is 11.7. The molecule has 16 heavy (non-hydrogen) atoms. The summed E-state index contributed by atoms with van der Waals surface area (Å²) in [5.41, 5.74) is 5.08. The second kappa shape index (κ2) is 5.14. The Morgan fingerprint density at radius 1 is 1.56 bits per heavy atom. The number of ether oxygens (including phenoxy) is 1. The minimum absolute atomic E-state index is 0.266. The van der Waals surface area contributed by atoms with Crippen LogP contribution < -0.4 is 11.1 Å². The molecule has 0 aliphatic carbocycles. The highest BCUT2D eigenvalue weighted by molar-refractivity contribution is 5.92. The lowest BCUT2D eigenvalue weighted by Gasteiger charge is -2.23. The molecule has 0 bridgehead atoms. The van der Waals surface area contributed by atoms with Gasteiger partial charge < -0.3 is 20.2 Å². The minimum Gasteiger partial charge on any atom is -0.453 e. The molecular formula is C11H18N2O3. The largest absolute Gasteiger partial charge is 0.453 e. The molecule has 0 aliphatic rings. The number of hydrogen-bond donors (Lipinski definition) is 2. The molecule has 0 saturated heterocycles. The Kier molecular flexibility index (Phi) is 4.09. The third-order valence-electron chi connectivity index (χ3n) is 2.13. The second-order valence-electron chi connectivity index (χ2n) is 4.24. The molecule has 1 heterocycles. The zero-order chi connectivity index (χ0) is 12.2. The summed E-state index contributed by atoms with van der Waals surface area (Å²) < 4.78 is 10.2. The van der Waals surface area contributed by atoms with Crippen molar-refractivity contribution in [2.24, 2.45) is 5.73 Å². The van der Waals surface area contributed by atoms with Crippen molar-refractivity contribution in [3.63, 3.8) is 0 Å². The lowest BCUT2D eigenvalue weighted by molar-refractivity contribution is 0.0878. The van der Waals surface area contributed by atoms with Crippen molar-refractivity contribution in [1.82, 2.24) is 5.32 Å². The van der Waals surface area contributed by atoms with Gasteiger partial charge in [0.25, 0.3) is 5.91 Å². The molecule has 0 spiro atoms. The van der Waals surface area contributed by atoms with Crippen LogP contribution in [0.4, 0.5) is 0 Å². The summed E-state index contributed by atoms with van der Waals surface area (Å²) in [5, 5.41) is 2.78. The highest BCUT2D eigenvalue weighted by Crippen LogP contribution is 2.10. The van der Waals surface area contributed by atoms with Crippen LogP contribution >= 0.6 is 0 Å². The molecule has 0 atom stereocenters. The molecule has 5 nitrogen and oxygen atoms in total. The van der Waals surface area contributed by atoms with E-state index in [-0.39, 0.29) is 11.7 Å². The summed E-state index contributed by atoms with van der Waals surface area (Å²) in [4.78, 5) is 11.7. The first-order valence-electron chi connectivity index (χ1n) is 5.09. The Labute approximate surface area is 94.9 Å². The Morgan fingerprint density at radius 3 is 2.81 bits per heavy atom. The fourth-order valence-electron chi connectivity index (χ4n) is 1.14. The van der Waals surface area contributed by atoms with Crippen molar-refractivity contribution in [1.29, 1.82) is 0 Å². The molecule has 1 aromatic rings. The first-order valence-corrected chi connectivity index (χ1v) is 5.09. The maximum absolute atomic E-state index is 11.7. The predicted molar refractivity (Wildman–Crippen MR) is 60.0 cm³/mol. The van der Waals surface area contributed by atoms with Crippen molar-refractivity contribution in [3.8, 4) is 0 Å². The van der Waals surface area contributed by atoms with Gasteiger partial charge in [-0.3, -0.25) is 4.79 Å². The monoisotopic (exact) mass is 226 g/mol. The number of amides is 1. The average molecular weight is 226 g/mol. The quantitative estimate of drug-likeness (QED) is 0.781. The molecule has 0 aromatic carbocycles. The van der Waals surface area contributed by atoms with E-state index in [0.29, 0.717) is 18.9 Å². The Bertz CT molecular complexity index is 358. The lowest BCUT2D eigenvalue weighted by atomic mass is 10.1. The fourth-order valence-corrected chi connectivity index (χ4v) is 1.14. The standard InChI is InChI=1S/C11H18N2O3/c1-11(2,7-12)13-10(14)9-5-4-8(16-9)6-15-3/h4-5H,6-7,12H2,1-3H3,(H,13,14). The van der Waals surface area contributed by atoms with Crippen molar-refractivity contribution in [3.05, 3.63) is 23.7 Å². The van der Waals surface area contributed by atoms with Crippen molar-refractivity contribution >= 4 is 5.91 Å². The molecule has 1 rings (SSSR count). The topological polar surface area (TPSA) is 77.5 Å². The smallest absolute Gasteiger partial charge is 0.287 e. The second-order valence-corrected chi connectivity index (χ2v) is 4.24. The number of carbonyl (C=O) groups is 1. The van der Waals surface area contributed by atoms with Crippen molar-refractivity contribution < 1.29 is 13.9 Å². The van der Waals surface area contributed by atoms with E-state index in [2.05, 4.69) is 5.32 Å². The first kappa shape index (κ1) is 12.7. The van der Waals surface area contributed by atoms with E-state index < -0.39 is 5.54 Å². The molecule has 3 N–H and O–H groups in total. The zero-order valence-corrected chi connectivity index (χ0v) is 9.87. The van der Waals surface area contributed by atoms with Crippen LogP contribution in [0.5, 0.6) is 0 Å². The molecule has 90 valence electrons. The minimum atomic E-state index is -0.439. The SMILES string of the molecule is COCc1ccc(C(=O)NC(C)(C)CN)o1. The van der Waals surface area contributed by atoms with E-state index in [9.17, 15) is 4.79 Å². The molecular weight excluding hydrogens is 208 g/mol. The van der Waals surface area contributed by atoms with Gasteiger partial charge >= 0.3 is 0 Å². The van der Waals surface area contributed by atoms with Crippen LogP contribution in [0.25, 0.3) is 0 Å². The summed E-state index contributed by atoms with van der Waals surface area (Å²) in [5.74, 6) is 0.629. The Hall–Kier alpha value is -1.33. The van der Waals surface area contributed by atoms with E-state index in [1.165, 1.54) is 0 Å². The van der Waals surface area contributed by atoms with Gasteiger partial charge in [-0.2, -0.15) is 0 Å². The van der Waals surface area contributed by atoms with Gasteiger partial charge in [0.2, 0.25) is 0 Å². The summed E-state index contributed by atoms with van der Waals surface area (Å²) >= 11 is 0. The number of furan rings is 1. The number of nitrogens with two attached hydrogens (primary N) is 1. The van der Waals surface area contributed by atoms with Crippen molar-refractivity contribution in [2.45, 2.75) is 26.0 Å². The van der Waals surface area contributed by atoms with Crippen LogP contribution in [-0.4, -0.2) is 25.1 Å². The third-order valence-corrected chi connectivity index (χ3v) is 2.13. The summed E-state index contributed by atoms with van der Waals surface area (Å²) in [6, 6.07) is 3.34. The molecule has 0 aliphatic heterocycles. The molecule has 1 aromatic heterocycles. The van der Waals surface area contributed by atoms with Gasteiger partial charge in [0.15, 0.2) is 5.76 Å². The van der Waals surface area contributed by atoms with Crippen LogP contribution in [-0.2, 0) is 11.3 Å². The number of rotatable bonds is 5.